The van der Waals surface area contributed by atoms with E-state index in [9.17, 15) is 4.79 Å². The van der Waals surface area contributed by atoms with Crippen molar-refractivity contribution in [1.82, 2.24) is 4.98 Å². The first kappa shape index (κ1) is 17.3. The Morgan fingerprint density at radius 3 is 2.36 bits per heavy atom. The van der Waals surface area contributed by atoms with E-state index in [4.69, 9.17) is 4.74 Å². The molecule has 0 aliphatic heterocycles. The third kappa shape index (κ3) is 5.24. The van der Waals surface area contributed by atoms with Crippen LogP contribution in [0, 0.1) is 6.92 Å². The summed E-state index contributed by atoms with van der Waals surface area (Å²) in [4.78, 5) is 17.7. The van der Waals surface area contributed by atoms with Crippen LogP contribution in [0.5, 0.6) is 0 Å². The minimum Gasteiger partial charge on any atom is -0.367 e. The first-order valence-electron chi connectivity index (χ1n) is 8.12. The Bertz CT molecular complexity index is 816. The van der Waals surface area contributed by atoms with Gasteiger partial charge in [-0.15, -0.1) is 11.3 Å². The van der Waals surface area contributed by atoms with Crippen LogP contribution >= 0.6 is 11.3 Å². The number of hydrogen-bond acceptors (Lipinski definition) is 4. The standard InChI is InChI=1S/C20H20N2O2S/c1-15-18(12-16-8-4-2-5-9-16)21-20(25-15)22-19(23)14-24-13-17-10-6-3-7-11-17/h2-11H,12-14H2,1H3,(H,21,22,23). The van der Waals surface area contributed by atoms with Crippen LogP contribution in [0.3, 0.4) is 0 Å². The highest BCUT2D eigenvalue weighted by Gasteiger charge is 2.11. The fourth-order valence-corrected chi connectivity index (χ4v) is 3.27. The Labute approximate surface area is 151 Å². The molecule has 0 saturated heterocycles. The van der Waals surface area contributed by atoms with Gasteiger partial charge in [0.25, 0.3) is 5.91 Å². The van der Waals surface area contributed by atoms with Crippen molar-refractivity contribution in [3.63, 3.8) is 0 Å². The van der Waals surface area contributed by atoms with Crippen LogP contribution in [-0.2, 0) is 22.6 Å². The first-order valence-corrected chi connectivity index (χ1v) is 8.94. The summed E-state index contributed by atoms with van der Waals surface area (Å²) in [5, 5.41) is 3.44. The van der Waals surface area contributed by atoms with Crippen LogP contribution in [0.15, 0.2) is 60.7 Å². The Kier molecular flexibility index (Phi) is 5.93. The minimum atomic E-state index is -0.184. The van der Waals surface area contributed by atoms with E-state index in [1.807, 2.05) is 55.5 Å². The largest absolute Gasteiger partial charge is 0.367 e. The van der Waals surface area contributed by atoms with Crippen molar-refractivity contribution in [3.05, 3.63) is 82.4 Å². The molecule has 1 heterocycles. The van der Waals surface area contributed by atoms with Crippen LogP contribution in [0.2, 0.25) is 0 Å². The second kappa shape index (κ2) is 8.55. The number of carbonyl (C=O) groups is 1. The summed E-state index contributed by atoms with van der Waals surface area (Å²) in [5.74, 6) is -0.184. The predicted octanol–water partition coefficient (Wildman–Crippen LogP) is 4.20. The van der Waals surface area contributed by atoms with Gasteiger partial charge in [0, 0.05) is 11.3 Å². The van der Waals surface area contributed by atoms with Crippen LogP contribution in [-0.4, -0.2) is 17.5 Å². The van der Waals surface area contributed by atoms with Crippen molar-refractivity contribution in [3.8, 4) is 0 Å². The van der Waals surface area contributed by atoms with Gasteiger partial charge in [-0.25, -0.2) is 4.98 Å². The molecule has 5 heteroatoms. The highest BCUT2D eigenvalue weighted by molar-refractivity contribution is 7.15. The van der Waals surface area contributed by atoms with E-state index in [1.165, 1.54) is 16.9 Å². The third-order valence-electron chi connectivity index (χ3n) is 3.70. The molecule has 3 rings (SSSR count). The summed E-state index contributed by atoms with van der Waals surface area (Å²) in [7, 11) is 0. The van der Waals surface area contributed by atoms with Crippen LogP contribution in [0.25, 0.3) is 0 Å². The van der Waals surface area contributed by atoms with Crippen molar-refractivity contribution in [1.29, 1.82) is 0 Å². The minimum absolute atomic E-state index is 0.0154. The van der Waals surface area contributed by atoms with Crippen LogP contribution in [0.1, 0.15) is 21.7 Å². The predicted molar refractivity (Wildman–Crippen MR) is 101 cm³/mol. The number of hydrogen-bond donors (Lipinski definition) is 1. The summed E-state index contributed by atoms with van der Waals surface area (Å²) in [6.45, 7) is 2.46. The van der Waals surface area contributed by atoms with Gasteiger partial charge in [-0.3, -0.25) is 10.1 Å². The SMILES string of the molecule is Cc1sc(NC(=O)COCc2ccccc2)nc1Cc1ccccc1. The molecule has 0 atom stereocenters. The van der Waals surface area contributed by atoms with E-state index in [-0.39, 0.29) is 12.5 Å². The van der Waals surface area contributed by atoms with E-state index in [2.05, 4.69) is 22.4 Å². The number of aromatic nitrogens is 1. The molecule has 0 spiro atoms. The second-order valence-electron chi connectivity index (χ2n) is 5.71. The van der Waals surface area contributed by atoms with E-state index in [0.29, 0.717) is 11.7 Å². The number of thiazole rings is 1. The molecule has 0 bridgehead atoms. The number of benzene rings is 2. The fraction of sp³-hybridized carbons (Fsp3) is 0.200. The van der Waals surface area contributed by atoms with E-state index < -0.39 is 0 Å². The first-order chi connectivity index (χ1) is 12.2. The van der Waals surface area contributed by atoms with Crippen molar-refractivity contribution in [2.24, 2.45) is 0 Å². The molecule has 0 saturated carbocycles. The molecule has 25 heavy (non-hydrogen) atoms. The van der Waals surface area contributed by atoms with Gasteiger partial charge in [-0.05, 0) is 18.1 Å². The number of anilines is 1. The summed E-state index contributed by atoms with van der Waals surface area (Å²) in [6.07, 6.45) is 0.767. The van der Waals surface area contributed by atoms with Gasteiger partial charge >= 0.3 is 0 Å². The molecule has 1 amide bonds. The Balaban J connectivity index is 1.51. The van der Waals surface area contributed by atoms with Crippen LogP contribution in [0.4, 0.5) is 5.13 Å². The van der Waals surface area contributed by atoms with E-state index >= 15 is 0 Å². The lowest BCUT2D eigenvalue weighted by Crippen LogP contribution is -2.18. The Hall–Kier alpha value is -2.50. The maximum Gasteiger partial charge on any atom is 0.252 e. The average Bonchev–Trinajstić information content (AvgIpc) is 2.96. The van der Waals surface area contributed by atoms with Gasteiger partial charge in [0.1, 0.15) is 6.61 Å². The average molecular weight is 352 g/mol. The zero-order valence-electron chi connectivity index (χ0n) is 14.1. The van der Waals surface area contributed by atoms with E-state index in [0.717, 1.165) is 22.6 Å². The zero-order chi connectivity index (χ0) is 17.5. The quantitative estimate of drug-likeness (QED) is 0.693. The topological polar surface area (TPSA) is 51.2 Å². The zero-order valence-corrected chi connectivity index (χ0v) is 14.9. The summed E-state index contributed by atoms with van der Waals surface area (Å²) < 4.78 is 5.45. The fourth-order valence-electron chi connectivity index (χ4n) is 2.43. The van der Waals surface area contributed by atoms with Gasteiger partial charge < -0.3 is 4.74 Å². The van der Waals surface area contributed by atoms with E-state index in [1.54, 1.807) is 0 Å². The monoisotopic (exact) mass is 352 g/mol. The number of ether oxygens (including phenoxy) is 1. The number of aryl methyl sites for hydroxylation is 1. The lowest BCUT2D eigenvalue weighted by molar-refractivity contribution is -0.121. The van der Waals surface area contributed by atoms with Crippen molar-refractivity contribution < 1.29 is 9.53 Å². The molecule has 3 aromatic rings. The van der Waals surface area contributed by atoms with Gasteiger partial charge in [0.15, 0.2) is 5.13 Å². The molecule has 0 radical (unpaired) electrons. The molecule has 1 aromatic heterocycles. The number of carbonyl (C=O) groups excluding carboxylic acids is 1. The number of amides is 1. The van der Waals surface area contributed by atoms with Gasteiger partial charge in [-0.2, -0.15) is 0 Å². The molecule has 128 valence electrons. The van der Waals surface area contributed by atoms with Gasteiger partial charge in [0.05, 0.1) is 12.3 Å². The maximum atomic E-state index is 12.0. The molecule has 1 N–H and O–H groups in total. The normalized spacial score (nSPS) is 10.6. The summed E-state index contributed by atoms with van der Waals surface area (Å²) in [6, 6.07) is 20.0. The lowest BCUT2D eigenvalue weighted by Gasteiger charge is -2.04. The second-order valence-corrected chi connectivity index (χ2v) is 6.91. The molecular weight excluding hydrogens is 332 g/mol. The molecule has 0 aliphatic carbocycles. The summed E-state index contributed by atoms with van der Waals surface area (Å²) in [5.41, 5.74) is 3.25. The molecular formula is C20H20N2O2S. The number of nitrogens with zero attached hydrogens (tertiary/aromatic N) is 1. The number of nitrogens with one attached hydrogen (secondary N) is 1. The summed E-state index contributed by atoms with van der Waals surface area (Å²) >= 11 is 1.49. The highest BCUT2D eigenvalue weighted by Crippen LogP contribution is 2.24. The van der Waals surface area contributed by atoms with Crippen molar-refractivity contribution in [2.45, 2.75) is 20.0 Å². The van der Waals surface area contributed by atoms with Gasteiger partial charge in [0.2, 0.25) is 0 Å². The molecule has 0 aliphatic rings. The molecule has 2 aromatic carbocycles. The molecule has 4 nitrogen and oxygen atoms in total. The van der Waals surface area contributed by atoms with Gasteiger partial charge in [-0.1, -0.05) is 60.7 Å². The Morgan fingerprint density at radius 2 is 1.68 bits per heavy atom. The van der Waals surface area contributed by atoms with Crippen LogP contribution < -0.4 is 5.32 Å². The van der Waals surface area contributed by atoms with Crippen molar-refractivity contribution in [2.75, 3.05) is 11.9 Å². The Morgan fingerprint density at radius 1 is 1.04 bits per heavy atom. The smallest absolute Gasteiger partial charge is 0.252 e. The molecule has 0 fully saturated rings. The number of rotatable bonds is 7. The lowest BCUT2D eigenvalue weighted by atomic mass is 10.1. The molecule has 0 unspecified atom stereocenters. The highest BCUT2D eigenvalue weighted by atomic mass is 32.1. The third-order valence-corrected chi connectivity index (χ3v) is 4.63. The maximum absolute atomic E-state index is 12.0. The van der Waals surface area contributed by atoms with Crippen molar-refractivity contribution >= 4 is 22.4 Å².